The lowest BCUT2D eigenvalue weighted by Crippen LogP contribution is -2.55. The van der Waals surface area contributed by atoms with Gasteiger partial charge in [-0.25, -0.2) is 14.2 Å². The van der Waals surface area contributed by atoms with Crippen LogP contribution in [0.5, 0.6) is 5.75 Å². The van der Waals surface area contributed by atoms with Crippen LogP contribution in [-0.2, 0) is 27.9 Å². The Morgan fingerprint density at radius 1 is 1.29 bits per heavy atom. The lowest BCUT2D eigenvalue weighted by atomic mass is 10.0. The summed E-state index contributed by atoms with van der Waals surface area (Å²) in [6.45, 7) is 1.93. The zero-order valence-electron chi connectivity index (χ0n) is 18.4. The molecule has 1 aromatic rings. The van der Waals surface area contributed by atoms with Gasteiger partial charge < -0.3 is 29.5 Å². The van der Waals surface area contributed by atoms with E-state index in [0.29, 0.717) is 0 Å². The number of halogens is 1. The van der Waals surface area contributed by atoms with Crippen LogP contribution in [0, 0.1) is 0 Å². The highest BCUT2D eigenvalue weighted by Gasteiger charge is 2.56. The second-order valence-electron chi connectivity index (χ2n) is 7.49. The number of alkyl halides is 1. The van der Waals surface area contributed by atoms with Gasteiger partial charge in [0.2, 0.25) is 0 Å². The molecule has 14 heteroatoms. The molecular formula is C20H26ClN2O10P. The van der Waals surface area contributed by atoms with E-state index in [9.17, 15) is 24.4 Å². The highest BCUT2D eigenvalue weighted by Crippen LogP contribution is 2.50. The normalized spacial score (nSPS) is 30.5. The number of phosphoric acid groups is 1. The molecule has 0 aromatic heterocycles. The fraction of sp³-hybridized carbons (Fsp3) is 0.500. The number of carbonyl (C=O) groups is 2. The van der Waals surface area contributed by atoms with Crippen molar-refractivity contribution in [1.82, 2.24) is 10.2 Å². The first-order chi connectivity index (χ1) is 16.1. The van der Waals surface area contributed by atoms with Crippen LogP contribution >= 0.6 is 19.4 Å². The average molecular weight is 521 g/mol. The van der Waals surface area contributed by atoms with E-state index in [1.165, 1.54) is 31.3 Å². The monoisotopic (exact) mass is 520 g/mol. The Labute approximate surface area is 200 Å². The van der Waals surface area contributed by atoms with Crippen LogP contribution in [0.3, 0.4) is 0 Å². The van der Waals surface area contributed by atoms with E-state index < -0.39 is 62.6 Å². The molecular weight excluding hydrogens is 495 g/mol. The van der Waals surface area contributed by atoms with Gasteiger partial charge in [0.25, 0.3) is 0 Å². The maximum absolute atomic E-state index is 13.2. The van der Waals surface area contributed by atoms with E-state index in [-0.39, 0.29) is 12.4 Å². The van der Waals surface area contributed by atoms with E-state index in [0.717, 1.165) is 4.90 Å². The molecule has 0 aliphatic carbocycles. The van der Waals surface area contributed by atoms with Crippen molar-refractivity contribution in [2.45, 2.75) is 43.4 Å². The van der Waals surface area contributed by atoms with Gasteiger partial charge in [-0.2, -0.15) is 0 Å². The van der Waals surface area contributed by atoms with E-state index in [1.54, 1.807) is 25.1 Å². The SMILES string of the molecule is CCOC(=O)COP(=O)(OC[C@H]1O[C@@H](N2C=CC(O)NC2=O)[C@](C)(Cl)[C@@H]1O)Oc1ccccc1. The number of hydrogen-bond acceptors (Lipinski definition) is 10. The molecule has 1 fully saturated rings. The van der Waals surface area contributed by atoms with Gasteiger partial charge in [-0.1, -0.05) is 18.2 Å². The zero-order valence-corrected chi connectivity index (χ0v) is 20.1. The Morgan fingerprint density at radius 2 is 2.00 bits per heavy atom. The summed E-state index contributed by atoms with van der Waals surface area (Å²) in [5, 5.41) is 22.5. The van der Waals surface area contributed by atoms with Crippen LogP contribution in [-0.4, -0.2) is 76.5 Å². The molecule has 34 heavy (non-hydrogen) atoms. The number of urea groups is 1. The van der Waals surface area contributed by atoms with Crippen molar-refractivity contribution in [3.63, 3.8) is 0 Å². The minimum atomic E-state index is -4.39. The molecule has 1 saturated heterocycles. The summed E-state index contributed by atoms with van der Waals surface area (Å²) in [7, 11) is -4.39. The molecule has 0 radical (unpaired) electrons. The number of esters is 1. The fourth-order valence-corrected chi connectivity index (χ4v) is 4.68. The molecule has 0 saturated carbocycles. The van der Waals surface area contributed by atoms with E-state index in [4.69, 9.17) is 34.6 Å². The van der Waals surface area contributed by atoms with Crippen molar-refractivity contribution < 1.29 is 47.4 Å². The van der Waals surface area contributed by atoms with Gasteiger partial charge in [-0.3, -0.25) is 13.9 Å². The molecule has 6 atom stereocenters. The topological polar surface area (TPSA) is 153 Å². The Hall–Kier alpha value is -2.18. The summed E-state index contributed by atoms with van der Waals surface area (Å²) >= 11 is 6.49. The molecule has 2 aliphatic heterocycles. The van der Waals surface area contributed by atoms with Gasteiger partial charge in [0, 0.05) is 6.20 Å². The van der Waals surface area contributed by atoms with Crippen molar-refractivity contribution in [2.75, 3.05) is 19.8 Å². The number of nitrogens with zero attached hydrogens (tertiary/aromatic N) is 1. The molecule has 12 nitrogen and oxygen atoms in total. The number of nitrogens with one attached hydrogen (secondary N) is 1. The number of phosphoric ester groups is 1. The van der Waals surface area contributed by atoms with Crippen molar-refractivity contribution in [3.8, 4) is 5.75 Å². The number of carbonyl (C=O) groups excluding carboxylic acids is 2. The maximum Gasteiger partial charge on any atom is 0.530 e. The quantitative estimate of drug-likeness (QED) is 0.236. The van der Waals surface area contributed by atoms with Gasteiger partial charge in [0.05, 0.1) is 13.2 Å². The third-order valence-electron chi connectivity index (χ3n) is 4.91. The van der Waals surface area contributed by atoms with Crippen molar-refractivity contribution in [2.24, 2.45) is 0 Å². The van der Waals surface area contributed by atoms with Crippen molar-refractivity contribution in [3.05, 3.63) is 42.6 Å². The van der Waals surface area contributed by atoms with Gasteiger partial charge in [-0.05, 0) is 32.1 Å². The number of amides is 2. The Kier molecular flexibility index (Phi) is 8.58. The predicted octanol–water partition coefficient (Wildman–Crippen LogP) is 1.71. The molecule has 0 bridgehead atoms. The lowest BCUT2D eigenvalue weighted by Gasteiger charge is -2.35. The summed E-state index contributed by atoms with van der Waals surface area (Å²) in [5.74, 6) is -0.630. The van der Waals surface area contributed by atoms with Crippen LogP contribution in [0.2, 0.25) is 0 Å². The second-order valence-corrected chi connectivity index (χ2v) is 9.90. The van der Waals surface area contributed by atoms with Gasteiger partial charge >= 0.3 is 19.8 Å². The van der Waals surface area contributed by atoms with Crippen LogP contribution in [0.15, 0.2) is 42.6 Å². The van der Waals surface area contributed by atoms with Crippen LogP contribution in [0.1, 0.15) is 13.8 Å². The Morgan fingerprint density at radius 3 is 2.65 bits per heavy atom. The summed E-state index contributed by atoms with van der Waals surface area (Å²) in [6.07, 6.45) is -2.29. The standard InChI is InChI=1S/C20H26ClN2O10P/c1-3-29-16(25)12-31-34(28,33-13-7-5-4-6-8-13)30-11-14-17(26)20(2,21)18(32-14)23-10-9-15(24)22-19(23)27/h4-10,14-15,17-18,24,26H,3,11-12H2,1-2H3,(H,22,27)/t14-,15?,17-,18-,20-,34?/m1/s1. The number of aliphatic hydroxyl groups excluding tert-OH is 2. The predicted molar refractivity (Wildman–Crippen MR) is 118 cm³/mol. The minimum Gasteiger partial charge on any atom is -0.464 e. The molecule has 1 aromatic carbocycles. The third-order valence-corrected chi connectivity index (χ3v) is 6.66. The molecule has 2 amide bonds. The molecule has 2 unspecified atom stereocenters. The number of benzene rings is 1. The van der Waals surface area contributed by atoms with Crippen LogP contribution in [0.25, 0.3) is 0 Å². The Balaban J connectivity index is 1.72. The first-order valence-corrected chi connectivity index (χ1v) is 12.2. The zero-order chi connectivity index (χ0) is 24.9. The minimum absolute atomic E-state index is 0.0975. The third kappa shape index (κ3) is 6.28. The molecule has 3 rings (SSSR count). The number of aliphatic hydroxyl groups is 2. The summed E-state index contributed by atoms with van der Waals surface area (Å²) in [5.41, 5.74) is 0. The van der Waals surface area contributed by atoms with Crippen LogP contribution in [0.4, 0.5) is 4.79 Å². The summed E-state index contributed by atoms with van der Waals surface area (Å²) in [4.78, 5) is 23.5. The largest absolute Gasteiger partial charge is 0.530 e. The first-order valence-electron chi connectivity index (χ1n) is 10.3. The maximum atomic E-state index is 13.2. The lowest BCUT2D eigenvalue weighted by molar-refractivity contribution is -0.146. The highest BCUT2D eigenvalue weighted by molar-refractivity contribution is 7.49. The smallest absolute Gasteiger partial charge is 0.464 e. The second kappa shape index (κ2) is 11.0. The van der Waals surface area contributed by atoms with Gasteiger partial charge in [0.1, 0.15) is 29.1 Å². The Bertz CT molecular complexity index is 947. The average Bonchev–Trinajstić information content (AvgIpc) is 3.01. The number of ether oxygens (including phenoxy) is 2. The summed E-state index contributed by atoms with van der Waals surface area (Å²) in [6, 6.07) is 7.29. The van der Waals surface area contributed by atoms with E-state index >= 15 is 0 Å². The molecule has 2 heterocycles. The first kappa shape index (κ1) is 26.4. The van der Waals surface area contributed by atoms with Gasteiger partial charge in [0.15, 0.2) is 12.8 Å². The molecule has 2 aliphatic rings. The highest BCUT2D eigenvalue weighted by atomic mass is 35.5. The van der Waals surface area contributed by atoms with E-state index in [1.807, 2.05) is 0 Å². The summed E-state index contributed by atoms with van der Waals surface area (Å²) < 4.78 is 39.6. The fourth-order valence-electron chi connectivity index (χ4n) is 3.23. The van der Waals surface area contributed by atoms with Crippen molar-refractivity contribution >= 4 is 31.4 Å². The molecule has 188 valence electrons. The number of hydrogen-bond donors (Lipinski definition) is 3. The molecule has 0 spiro atoms. The number of para-hydroxylation sites is 1. The molecule has 3 N–H and O–H groups in total. The van der Waals surface area contributed by atoms with Crippen molar-refractivity contribution in [1.29, 1.82) is 0 Å². The number of rotatable bonds is 10. The van der Waals surface area contributed by atoms with Gasteiger partial charge in [-0.15, -0.1) is 11.6 Å². The van der Waals surface area contributed by atoms with E-state index in [2.05, 4.69) is 5.32 Å². The van der Waals surface area contributed by atoms with Crippen LogP contribution < -0.4 is 9.84 Å².